The molecule has 0 aliphatic carbocycles. The van der Waals surface area contributed by atoms with E-state index >= 15 is 0 Å². The molecule has 0 aromatic rings. The summed E-state index contributed by atoms with van der Waals surface area (Å²) in [5.74, 6) is 0. The lowest BCUT2D eigenvalue weighted by Crippen LogP contribution is -2.53. The van der Waals surface area contributed by atoms with Crippen molar-refractivity contribution in [3.05, 3.63) is 0 Å². The highest BCUT2D eigenvalue weighted by Gasteiger charge is 2.37. The molecule has 0 amide bonds. The molecule has 2 atom stereocenters. The Balaban J connectivity index is 4.55. The molecule has 0 rings (SSSR count). The molecule has 6 N–H and O–H groups in total. The molecule has 0 fully saturated rings. The minimum absolute atomic E-state index is 0.529. The van der Waals surface area contributed by atoms with Crippen LogP contribution in [0.2, 0.25) is 0 Å². The largest absolute Gasteiger partial charge is 0.327 e. The molecule has 2 unspecified atom stereocenters. The van der Waals surface area contributed by atoms with Gasteiger partial charge in [0.25, 0.3) is 0 Å². The van der Waals surface area contributed by atoms with Gasteiger partial charge in [0.05, 0.1) is 0 Å². The molecule has 0 saturated carbocycles. The molecule has 0 bridgehead atoms. The van der Waals surface area contributed by atoms with E-state index in [1.165, 1.54) is 0 Å². The van der Waals surface area contributed by atoms with Crippen LogP contribution in [0.1, 0.15) is 0 Å². The van der Waals surface area contributed by atoms with E-state index in [2.05, 4.69) is 0 Å². The van der Waals surface area contributed by atoms with E-state index < -0.39 is 32.9 Å². The third-order valence-corrected chi connectivity index (χ3v) is 3.25. The Morgan fingerprint density at radius 3 is 1.60 bits per heavy atom. The van der Waals surface area contributed by atoms with Gasteiger partial charge in [0.15, 0.2) is 22.2 Å². The van der Waals surface area contributed by atoms with Crippen molar-refractivity contribution in [2.45, 2.75) is 4.20 Å². The van der Waals surface area contributed by atoms with Gasteiger partial charge >= 0.3 is 0 Å². The van der Waals surface area contributed by atoms with Gasteiger partial charge in [0, 0.05) is 6.54 Å². The van der Waals surface area contributed by atoms with E-state index in [1.54, 1.807) is 0 Å². The smallest absolute Gasteiger partial charge is 0.231 e. The van der Waals surface area contributed by atoms with Crippen molar-refractivity contribution in [1.82, 2.24) is 0 Å². The fourth-order valence-corrected chi connectivity index (χ4v) is 0.977. The van der Waals surface area contributed by atoms with E-state index in [0.29, 0.717) is 0 Å². The Morgan fingerprint density at radius 1 is 1.30 bits per heavy atom. The van der Waals surface area contributed by atoms with Crippen molar-refractivity contribution < 1.29 is 17.5 Å². The van der Waals surface area contributed by atoms with Gasteiger partial charge in [0.2, 0.25) is 4.20 Å². The van der Waals surface area contributed by atoms with Crippen molar-refractivity contribution in [3.63, 3.8) is 0 Å². The zero-order valence-corrected chi connectivity index (χ0v) is 6.52. The van der Waals surface area contributed by atoms with Crippen LogP contribution >= 0.6 is 0 Å². The van der Waals surface area contributed by atoms with Crippen LogP contribution in [0.15, 0.2) is 0 Å². The molecule has 10 heavy (non-hydrogen) atoms. The average molecular weight is 188 g/mol. The lowest BCUT2D eigenvalue weighted by molar-refractivity contribution is 0.507. The third kappa shape index (κ3) is 1.81. The third-order valence-electron chi connectivity index (χ3n) is 0.876. The van der Waals surface area contributed by atoms with E-state index in [1.807, 2.05) is 0 Å². The molecule has 0 radical (unpaired) electrons. The number of nitrogens with two attached hydrogens (primary N) is 2. The molecule has 0 saturated heterocycles. The molecule has 0 heterocycles. The van der Waals surface area contributed by atoms with Crippen LogP contribution in [0.3, 0.4) is 0 Å². The fraction of sp³-hybridized carbons (Fsp3) is 1.00. The number of hydrogen-bond donors (Lipinski definition) is 4. The van der Waals surface area contributed by atoms with Crippen LogP contribution in [0.4, 0.5) is 0 Å². The summed E-state index contributed by atoms with van der Waals surface area (Å²) >= 11 is -5.19. The summed E-state index contributed by atoms with van der Waals surface area (Å²) in [6.45, 7) is -0.529. The first-order chi connectivity index (χ1) is 4.45. The van der Waals surface area contributed by atoms with Crippen LogP contribution in [0.5, 0.6) is 0 Å². The summed E-state index contributed by atoms with van der Waals surface area (Å²) < 4.78 is 35.1. The van der Waals surface area contributed by atoms with Crippen LogP contribution in [-0.2, 0) is 22.2 Å². The Bertz CT molecular complexity index is 157. The SMILES string of the molecule is NCC(N)(S(=O)O)S(=O)O. The van der Waals surface area contributed by atoms with E-state index in [9.17, 15) is 8.42 Å². The van der Waals surface area contributed by atoms with Gasteiger partial charge in [-0.25, -0.2) is 8.42 Å². The molecule has 8 heteroatoms. The van der Waals surface area contributed by atoms with Gasteiger partial charge < -0.3 is 14.8 Å². The van der Waals surface area contributed by atoms with Crippen LogP contribution in [0, 0.1) is 0 Å². The summed E-state index contributed by atoms with van der Waals surface area (Å²) in [5.41, 5.74) is 9.84. The topological polar surface area (TPSA) is 127 Å². The van der Waals surface area contributed by atoms with Gasteiger partial charge in [-0.15, -0.1) is 0 Å². The maximum Gasteiger partial charge on any atom is 0.231 e. The average Bonchev–Trinajstić information content (AvgIpc) is 1.85. The van der Waals surface area contributed by atoms with Crippen LogP contribution < -0.4 is 11.5 Å². The first-order valence-electron chi connectivity index (χ1n) is 2.16. The maximum atomic E-state index is 10.2. The summed E-state index contributed by atoms with van der Waals surface area (Å²) in [5, 5.41) is 0. The lowest BCUT2D eigenvalue weighted by atomic mass is 10.7. The van der Waals surface area contributed by atoms with Crippen molar-refractivity contribution >= 4 is 22.2 Å². The Kier molecular flexibility index (Phi) is 3.56. The van der Waals surface area contributed by atoms with E-state index in [-0.39, 0.29) is 0 Å². The predicted octanol–water partition coefficient (Wildman–Crippen LogP) is -2.00. The molecular weight excluding hydrogens is 180 g/mol. The second-order valence-electron chi connectivity index (χ2n) is 1.51. The van der Waals surface area contributed by atoms with E-state index in [4.69, 9.17) is 20.6 Å². The van der Waals surface area contributed by atoms with Crippen molar-refractivity contribution in [1.29, 1.82) is 0 Å². The molecule has 0 aromatic heterocycles. The molecule has 0 aliphatic heterocycles. The number of hydrogen-bond acceptors (Lipinski definition) is 4. The van der Waals surface area contributed by atoms with Gasteiger partial charge in [-0.3, -0.25) is 5.73 Å². The standard InChI is InChI=1S/C2H8N2O4S2/c3-1-2(4,9(5)6)10(7)8/h1,3-4H2,(H,5,6)(H,7,8). The summed E-state index contributed by atoms with van der Waals surface area (Å²) in [7, 11) is 0. The fourth-order valence-electron chi connectivity index (χ4n) is 0.204. The maximum absolute atomic E-state index is 10.2. The second-order valence-corrected chi connectivity index (χ2v) is 4.23. The zero-order valence-electron chi connectivity index (χ0n) is 4.89. The normalized spacial score (nSPS) is 23.2. The number of rotatable bonds is 3. The monoisotopic (exact) mass is 188 g/mol. The quantitative estimate of drug-likeness (QED) is 0.379. The van der Waals surface area contributed by atoms with Crippen molar-refractivity contribution in [3.8, 4) is 0 Å². The summed E-state index contributed by atoms with van der Waals surface area (Å²) in [6.07, 6.45) is 0. The van der Waals surface area contributed by atoms with Gasteiger partial charge in [-0.2, -0.15) is 0 Å². The molecule has 0 aliphatic rings. The summed E-state index contributed by atoms with van der Waals surface area (Å²) in [4.78, 5) is 0. The van der Waals surface area contributed by atoms with Gasteiger partial charge in [-0.05, 0) is 0 Å². The van der Waals surface area contributed by atoms with Crippen LogP contribution in [0.25, 0.3) is 0 Å². The zero-order chi connectivity index (χ0) is 8.36. The highest BCUT2D eigenvalue weighted by Crippen LogP contribution is 2.06. The molecule has 0 aromatic carbocycles. The molecule has 6 nitrogen and oxygen atoms in total. The van der Waals surface area contributed by atoms with Crippen LogP contribution in [-0.4, -0.2) is 28.3 Å². The Hall–Kier alpha value is 0.140. The highest BCUT2D eigenvalue weighted by atomic mass is 32.3. The minimum Gasteiger partial charge on any atom is -0.327 e. The first-order valence-corrected chi connectivity index (χ1v) is 4.37. The summed E-state index contributed by atoms with van der Waals surface area (Å²) in [6, 6.07) is 0. The molecule has 62 valence electrons. The Labute approximate surface area is 62.5 Å². The van der Waals surface area contributed by atoms with Crippen molar-refractivity contribution in [2.24, 2.45) is 11.5 Å². The van der Waals surface area contributed by atoms with Gasteiger partial charge in [0.1, 0.15) is 0 Å². The molecular formula is C2H8N2O4S2. The Morgan fingerprint density at radius 2 is 1.60 bits per heavy atom. The predicted molar refractivity (Wildman–Crippen MR) is 37.5 cm³/mol. The molecule has 0 spiro atoms. The van der Waals surface area contributed by atoms with Gasteiger partial charge in [-0.1, -0.05) is 0 Å². The minimum atomic E-state index is -2.60. The second kappa shape index (κ2) is 3.51. The first kappa shape index (κ1) is 10.1. The van der Waals surface area contributed by atoms with Crippen molar-refractivity contribution in [2.75, 3.05) is 6.54 Å². The highest BCUT2D eigenvalue weighted by molar-refractivity contribution is 7.99. The van der Waals surface area contributed by atoms with E-state index in [0.717, 1.165) is 0 Å². The lowest BCUT2D eigenvalue weighted by Gasteiger charge is -2.17.